The molecule has 0 amide bonds. The Hall–Kier alpha value is -3.67. The average Bonchev–Trinajstić information content (AvgIpc) is 3.26. The van der Waals surface area contributed by atoms with Crippen molar-refractivity contribution in [1.82, 2.24) is 15.0 Å². The van der Waals surface area contributed by atoms with Crippen LogP contribution in [0.2, 0.25) is 0 Å². The minimum Gasteiger partial charge on any atom is -0.491 e. The molecular weight excluding hydrogens is 453 g/mol. The number of nitrogens with zero attached hydrogens (tertiary/aromatic N) is 2. The van der Waals surface area contributed by atoms with E-state index >= 15 is 0 Å². The van der Waals surface area contributed by atoms with Crippen LogP contribution in [0.1, 0.15) is 23.8 Å². The standard InChI is InChI=1S/C23H21F3N4O4/c24-12-6-18(23(33)28-13-2-1-5-27-9-13)20-19(7-12)29-22(30-20)16-4-3-15(8-17(16)21(25)26)34-11-14(32)10-31/h1-9,14,21,23,28,31-33H,10-11H2,(H,29,30). The Morgan fingerprint density at radius 1 is 1.09 bits per heavy atom. The zero-order valence-corrected chi connectivity index (χ0v) is 17.6. The zero-order valence-electron chi connectivity index (χ0n) is 17.6. The van der Waals surface area contributed by atoms with Gasteiger partial charge in [-0.1, -0.05) is 0 Å². The van der Waals surface area contributed by atoms with Crippen LogP contribution in [0.3, 0.4) is 0 Å². The fourth-order valence-electron chi connectivity index (χ4n) is 3.40. The second kappa shape index (κ2) is 10.1. The van der Waals surface area contributed by atoms with Gasteiger partial charge in [-0.05, 0) is 42.5 Å². The van der Waals surface area contributed by atoms with E-state index in [1.807, 2.05) is 0 Å². The lowest BCUT2D eigenvalue weighted by Crippen LogP contribution is -2.21. The highest BCUT2D eigenvalue weighted by Gasteiger charge is 2.21. The van der Waals surface area contributed by atoms with Crippen LogP contribution in [0.25, 0.3) is 22.4 Å². The molecule has 0 spiro atoms. The van der Waals surface area contributed by atoms with Gasteiger partial charge in [-0.2, -0.15) is 0 Å². The quantitative estimate of drug-likeness (QED) is 0.235. The third-order valence-electron chi connectivity index (χ3n) is 5.01. The molecule has 8 nitrogen and oxygen atoms in total. The van der Waals surface area contributed by atoms with Crippen LogP contribution in [0, 0.1) is 5.82 Å². The van der Waals surface area contributed by atoms with Crippen LogP contribution in [0.5, 0.6) is 5.75 Å². The summed E-state index contributed by atoms with van der Waals surface area (Å²) < 4.78 is 47.2. The molecule has 178 valence electrons. The van der Waals surface area contributed by atoms with Crippen LogP contribution >= 0.6 is 0 Å². The molecule has 0 saturated carbocycles. The molecule has 0 fully saturated rings. The van der Waals surface area contributed by atoms with E-state index in [1.165, 1.54) is 18.3 Å². The number of nitrogens with one attached hydrogen (secondary N) is 2. The fraction of sp³-hybridized carbons (Fsp3) is 0.217. The van der Waals surface area contributed by atoms with Crippen LogP contribution in [0.4, 0.5) is 18.9 Å². The minimum absolute atomic E-state index is 0.0488. The van der Waals surface area contributed by atoms with Crippen LogP contribution in [-0.4, -0.2) is 49.6 Å². The van der Waals surface area contributed by atoms with Gasteiger partial charge < -0.3 is 30.4 Å². The number of hydrogen-bond donors (Lipinski definition) is 5. The van der Waals surface area contributed by atoms with Gasteiger partial charge in [0.2, 0.25) is 0 Å². The van der Waals surface area contributed by atoms with Gasteiger partial charge in [0.25, 0.3) is 6.43 Å². The number of anilines is 1. The first-order chi connectivity index (χ1) is 16.4. The lowest BCUT2D eigenvalue weighted by molar-refractivity contribution is 0.0534. The number of fused-ring (bicyclic) bond motifs is 1. The summed E-state index contributed by atoms with van der Waals surface area (Å²) in [4.78, 5) is 11.1. The molecule has 4 aromatic rings. The van der Waals surface area contributed by atoms with Crippen molar-refractivity contribution in [2.45, 2.75) is 18.8 Å². The number of halogens is 3. The SMILES string of the molecule is OCC(O)COc1ccc(-c2nc3c(C(O)Nc4cccnc4)cc(F)cc3[nH]2)c(C(F)F)c1. The molecule has 5 N–H and O–H groups in total. The lowest BCUT2D eigenvalue weighted by Gasteiger charge is -2.14. The van der Waals surface area contributed by atoms with E-state index in [0.29, 0.717) is 5.69 Å². The third-order valence-corrected chi connectivity index (χ3v) is 5.01. The third kappa shape index (κ3) is 5.11. The Kier molecular flexibility index (Phi) is 6.96. The molecule has 34 heavy (non-hydrogen) atoms. The number of alkyl halides is 2. The summed E-state index contributed by atoms with van der Waals surface area (Å²) in [5.74, 6) is -0.525. The highest BCUT2D eigenvalue weighted by Crippen LogP contribution is 2.35. The number of ether oxygens (including phenoxy) is 1. The summed E-state index contributed by atoms with van der Waals surface area (Å²) in [5, 5.41) is 31.7. The highest BCUT2D eigenvalue weighted by molar-refractivity contribution is 5.84. The number of imidazole rings is 1. The molecule has 0 radical (unpaired) electrons. The van der Waals surface area contributed by atoms with Crippen LogP contribution in [-0.2, 0) is 0 Å². The Bertz CT molecular complexity index is 1270. The van der Waals surface area contributed by atoms with Gasteiger partial charge in [0.1, 0.15) is 30.1 Å². The monoisotopic (exact) mass is 474 g/mol. The van der Waals surface area contributed by atoms with Crippen molar-refractivity contribution < 1.29 is 33.2 Å². The molecule has 0 aliphatic rings. The normalized spacial score (nSPS) is 13.3. The van der Waals surface area contributed by atoms with E-state index < -0.39 is 36.7 Å². The van der Waals surface area contributed by atoms with Crippen LogP contribution < -0.4 is 10.1 Å². The van der Waals surface area contributed by atoms with Gasteiger partial charge in [-0.15, -0.1) is 0 Å². The maximum atomic E-state index is 14.3. The minimum atomic E-state index is -2.89. The fourth-order valence-corrected chi connectivity index (χ4v) is 3.40. The Balaban J connectivity index is 1.70. The number of aliphatic hydroxyl groups is 3. The first kappa shape index (κ1) is 23.5. The Morgan fingerprint density at radius 2 is 1.91 bits per heavy atom. The summed E-state index contributed by atoms with van der Waals surface area (Å²) in [7, 11) is 0. The largest absolute Gasteiger partial charge is 0.491 e. The lowest BCUT2D eigenvalue weighted by atomic mass is 10.1. The maximum Gasteiger partial charge on any atom is 0.264 e. The molecule has 2 aromatic carbocycles. The number of aliphatic hydroxyl groups excluding tert-OH is 3. The number of hydrogen-bond acceptors (Lipinski definition) is 7. The molecule has 0 aliphatic heterocycles. The molecule has 0 saturated heterocycles. The van der Waals surface area contributed by atoms with Gasteiger partial charge in [0.05, 0.1) is 29.5 Å². The van der Waals surface area contributed by atoms with Crippen molar-refractivity contribution in [3.63, 3.8) is 0 Å². The van der Waals surface area contributed by atoms with Crippen molar-refractivity contribution in [1.29, 1.82) is 0 Å². The molecule has 11 heteroatoms. The van der Waals surface area contributed by atoms with Crippen molar-refractivity contribution in [3.05, 3.63) is 71.8 Å². The van der Waals surface area contributed by atoms with Crippen molar-refractivity contribution >= 4 is 16.7 Å². The topological polar surface area (TPSA) is 124 Å². The van der Waals surface area contributed by atoms with Crippen LogP contribution in [0.15, 0.2) is 54.9 Å². The summed E-state index contributed by atoms with van der Waals surface area (Å²) >= 11 is 0. The highest BCUT2D eigenvalue weighted by atomic mass is 19.3. The number of aromatic nitrogens is 3. The number of rotatable bonds is 9. The smallest absolute Gasteiger partial charge is 0.264 e. The predicted molar refractivity (Wildman–Crippen MR) is 118 cm³/mol. The second-order valence-electron chi connectivity index (χ2n) is 7.46. The van der Waals surface area contributed by atoms with Crippen molar-refractivity contribution in [3.8, 4) is 17.1 Å². The van der Waals surface area contributed by atoms with E-state index in [2.05, 4.69) is 20.3 Å². The molecule has 2 unspecified atom stereocenters. The Morgan fingerprint density at radius 3 is 2.62 bits per heavy atom. The molecular formula is C23H21F3N4O4. The van der Waals surface area contributed by atoms with E-state index in [4.69, 9.17) is 9.84 Å². The second-order valence-corrected chi connectivity index (χ2v) is 7.46. The van der Waals surface area contributed by atoms with Gasteiger partial charge >= 0.3 is 0 Å². The van der Waals surface area contributed by atoms with Crippen molar-refractivity contribution in [2.24, 2.45) is 0 Å². The average molecular weight is 474 g/mol. The zero-order chi connectivity index (χ0) is 24.2. The van der Waals surface area contributed by atoms with Gasteiger partial charge in [0, 0.05) is 22.9 Å². The first-order valence-electron chi connectivity index (χ1n) is 10.2. The number of benzene rings is 2. The summed E-state index contributed by atoms with van der Waals surface area (Å²) in [6.45, 7) is -0.799. The predicted octanol–water partition coefficient (Wildman–Crippen LogP) is 3.54. The molecule has 2 heterocycles. The summed E-state index contributed by atoms with van der Waals surface area (Å²) in [6, 6.07) is 9.48. The molecule has 4 rings (SSSR count). The van der Waals surface area contributed by atoms with E-state index in [0.717, 1.165) is 18.2 Å². The molecule has 0 aliphatic carbocycles. The van der Waals surface area contributed by atoms with Gasteiger partial charge in [-0.3, -0.25) is 4.98 Å². The molecule has 2 atom stereocenters. The number of pyridine rings is 1. The van der Waals surface area contributed by atoms with Gasteiger partial charge in [0.15, 0.2) is 6.23 Å². The van der Waals surface area contributed by atoms with Crippen molar-refractivity contribution in [2.75, 3.05) is 18.5 Å². The van der Waals surface area contributed by atoms with E-state index in [1.54, 1.807) is 18.3 Å². The molecule has 2 aromatic heterocycles. The number of aromatic amines is 1. The first-order valence-corrected chi connectivity index (χ1v) is 10.2. The van der Waals surface area contributed by atoms with E-state index in [-0.39, 0.29) is 40.3 Å². The van der Waals surface area contributed by atoms with E-state index in [9.17, 15) is 23.4 Å². The number of H-pyrrole nitrogens is 1. The van der Waals surface area contributed by atoms with Gasteiger partial charge in [-0.25, -0.2) is 18.2 Å². The summed E-state index contributed by atoms with van der Waals surface area (Å²) in [5.41, 5.74) is 0.673. The molecule has 0 bridgehead atoms. The summed E-state index contributed by atoms with van der Waals surface area (Å²) in [6.07, 6.45) is -2.34. The maximum absolute atomic E-state index is 14.3. The Labute approximate surface area is 191 Å².